The third-order valence-corrected chi connectivity index (χ3v) is 2.45. The number of hydrogen-bond acceptors (Lipinski definition) is 2. The summed E-state index contributed by atoms with van der Waals surface area (Å²) < 4.78 is 0. The third-order valence-electron chi connectivity index (χ3n) is 2.45. The molecule has 12 heavy (non-hydrogen) atoms. The van der Waals surface area contributed by atoms with E-state index in [1.165, 1.54) is 18.4 Å². The molecule has 0 aromatic heterocycles. The molecule has 1 saturated carbocycles. The van der Waals surface area contributed by atoms with Crippen LogP contribution in [-0.2, 0) is 0 Å². The maximum absolute atomic E-state index is 3.70. The van der Waals surface area contributed by atoms with Crippen LogP contribution in [0.15, 0.2) is 28.9 Å². The molecule has 1 rings (SSSR count). The van der Waals surface area contributed by atoms with Gasteiger partial charge in [-0.15, -0.1) is 0 Å². The highest BCUT2D eigenvalue weighted by atomic mass is 15.0. The lowest BCUT2D eigenvalue weighted by atomic mass is 10.1. The molecule has 2 nitrogen and oxygen atoms in total. The van der Waals surface area contributed by atoms with E-state index in [4.69, 9.17) is 0 Å². The van der Waals surface area contributed by atoms with Gasteiger partial charge in [-0.25, -0.2) is 0 Å². The van der Waals surface area contributed by atoms with Crippen LogP contribution in [0.5, 0.6) is 0 Å². The van der Waals surface area contributed by atoms with Crippen LogP contribution in [0.1, 0.15) is 19.8 Å². The molecule has 0 unspecified atom stereocenters. The first-order valence-electron chi connectivity index (χ1n) is 4.27. The summed E-state index contributed by atoms with van der Waals surface area (Å²) in [5.41, 5.74) is 1.56. The first-order valence-corrected chi connectivity index (χ1v) is 4.27. The van der Waals surface area contributed by atoms with Crippen molar-refractivity contribution in [2.24, 2.45) is 4.99 Å². The van der Waals surface area contributed by atoms with Gasteiger partial charge in [0, 0.05) is 11.7 Å². The van der Waals surface area contributed by atoms with Crippen molar-refractivity contribution in [3.8, 4) is 0 Å². The number of hydrogen-bond donors (Lipinski definition) is 1. The topological polar surface area (TPSA) is 24.4 Å². The predicted octanol–water partition coefficient (Wildman–Crippen LogP) is 1.90. The van der Waals surface area contributed by atoms with Gasteiger partial charge >= 0.3 is 0 Å². The number of nitrogens with zero attached hydrogens (tertiary/aromatic N) is 1. The van der Waals surface area contributed by atoms with E-state index in [-0.39, 0.29) is 5.54 Å². The lowest BCUT2D eigenvalue weighted by Crippen LogP contribution is -2.28. The highest BCUT2D eigenvalue weighted by Crippen LogP contribution is 2.42. The molecule has 66 valence electrons. The fourth-order valence-corrected chi connectivity index (χ4v) is 1.47. The van der Waals surface area contributed by atoms with Crippen LogP contribution in [0.3, 0.4) is 0 Å². The summed E-state index contributed by atoms with van der Waals surface area (Å²) >= 11 is 0. The summed E-state index contributed by atoms with van der Waals surface area (Å²) in [4.78, 5) is 3.70. The second-order valence-corrected chi connectivity index (χ2v) is 3.07. The van der Waals surface area contributed by atoms with Gasteiger partial charge in [-0.05, 0) is 45.2 Å². The molecule has 0 spiro atoms. The van der Waals surface area contributed by atoms with Gasteiger partial charge < -0.3 is 5.32 Å². The summed E-state index contributed by atoms with van der Waals surface area (Å²) in [5, 5.41) is 3.33. The molecule has 1 aliphatic carbocycles. The zero-order valence-corrected chi connectivity index (χ0v) is 7.80. The average molecular weight is 164 g/mol. The first-order chi connectivity index (χ1) is 5.79. The van der Waals surface area contributed by atoms with Crippen LogP contribution in [0, 0.1) is 0 Å². The Bertz CT molecular complexity index is 222. The summed E-state index contributed by atoms with van der Waals surface area (Å²) in [5.74, 6) is 0. The van der Waals surface area contributed by atoms with Crippen LogP contribution in [-0.4, -0.2) is 19.3 Å². The number of rotatable bonds is 4. The SMILES string of the molecule is C=N/C=C\C(=C/C)C1(NC)CC1. The Labute approximate surface area is 74.1 Å². The Balaban J connectivity index is 2.69. The molecule has 0 amide bonds. The molecule has 0 bridgehead atoms. The summed E-state index contributed by atoms with van der Waals surface area (Å²) in [6.45, 7) is 5.47. The number of allylic oxidation sites excluding steroid dienone is 1. The largest absolute Gasteiger partial charge is 0.310 e. The van der Waals surface area contributed by atoms with Gasteiger partial charge in [0.05, 0.1) is 0 Å². The van der Waals surface area contributed by atoms with Crippen molar-refractivity contribution in [2.45, 2.75) is 25.3 Å². The standard InChI is InChI=1S/C10H16N2/c1-4-9(5-8-11-2)10(12-3)6-7-10/h4-5,8,12H,2,6-7H2,1,3H3/b8-5-,9-4+. The number of aliphatic imine (C=N–C) groups is 1. The zero-order valence-electron chi connectivity index (χ0n) is 7.80. The summed E-state index contributed by atoms with van der Waals surface area (Å²) in [6, 6.07) is 0. The molecule has 0 aliphatic heterocycles. The average Bonchev–Trinajstić information content (AvgIpc) is 2.87. The molecule has 2 heteroatoms. The molecule has 1 fully saturated rings. The van der Waals surface area contributed by atoms with Gasteiger partial charge in [-0.2, -0.15) is 0 Å². The molecule has 0 atom stereocenters. The van der Waals surface area contributed by atoms with E-state index in [1.807, 2.05) is 13.1 Å². The Morgan fingerprint density at radius 1 is 1.58 bits per heavy atom. The van der Waals surface area contributed by atoms with Gasteiger partial charge in [0.1, 0.15) is 0 Å². The maximum atomic E-state index is 3.70. The van der Waals surface area contributed by atoms with Crippen molar-refractivity contribution in [3.05, 3.63) is 23.9 Å². The predicted molar refractivity (Wildman–Crippen MR) is 53.5 cm³/mol. The van der Waals surface area contributed by atoms with Crippen LogP contribution >= 0.6 is 0 Å². The normalized spacial score (nSPS) is 21.3. The summed E-state index contributed by atoms with van der Waals surface area (Å²) in [7, 11) is 2.01. The van der Waals surface area contributed by atoms with Crippen LogP contribution < -0.4 is 5.32 Å². The van der Waals surface area contributed by atoms with Crippen LogP contribution in [0.4, 0.5) is 0 Å². The molecule has 0 aromatic carbocycles. The smallest absolute Gasteiger partial charge is 0.0431 e. The van der Waals surface area contributed by atoms with Gasteiger partial charge in [-0.1, -0.05) is 6.08 Å². The molecular formula is C10H16N2. The van der Waals surface area contributed by atoms with Gasteiger partial charge in [-0.3, -0.25) is 4.99 Å². The van der Waals surface area contributed by atoms with E-state index in [0.717, 1.165) is 0 Å². The van der Waals surface area contributed by atoms with Crippen molar-refractivity contribution in [3.63, 3.8) is 0 Å². The van der Waals surface area contributed by atoms with E-state index < -0.39 is 0 Å². The van der Waals surface area contributed by atoms with E-state index in [2.05, 4.69) is 30.0 Å². The lowest BCUT2D eigenvalue weighted by molar-refractivity contribution is 0.645. The molecule has 1 aliphatic rings. The Hall–Kier alpha value is -0.890. The molecular weight excluding hydrogens is 148 g/mol. The van der Waals surface area contributed by atoms with Crippen LogP contribution in [0.25, 0.3) is 0 Å². The minimum atomic E-state index is 0.246. The van der Waals surface area contributed by atoms with E-state index >= 15 is 0 Å². The highest BCUT2D eigenvalue weighted by Gasteiger charge is 2.42. The van der Waals surface area contributed by atoms with Gasteiger partial charge in [0.25, 0.3) is 0 Å². The fourth-order valence-electron chi connectivity index (χ4n) is 1.47. The Morgan fingerprint density at radius 3 is 2.58 bits per heavy atom. The van der Waals surface area contributed by atoms with E-state index in [1.54, 1.807) is 6.20 Å². The van der Waals surface area contributed by atoms with Crippen molar-refractivity contribution in [1.29, 1.82) is 0 Å². The zero-order chi connectivity index (χ0) is 9.03. The van der Waals surface area contributed by atoms with Crippen molar-refractivity contribution in [2.75, 3.05) is 7.05 Å². The lowest BCUT2D eigenvalue weighted by Gasteiger charge is -2.14. The Morgan fingerprint density at radius 2 is 2.25 bits per heavy atom. The Kier molecular flexibility index (Phi) is 2.82. The second kappa shape index (κ2) is 3.68. The van der Waals surface area contributed by atoms with Gasteiger partial charge in [0.15, 0.2) is 0 Å². The number of nitrogens with one attached hydrogen (secondary N) is 1. The van der Waals surface area contributed by atoms with Crippen molar-refractivity contribution >= 4 is 6.72 Å². The van der Waals surface area contributed by atoms with Gasteiger partial charge in [0.2, 0.25) is 0 Å². The van der Waals surface area contributed by atoms with Crippen molar-refractivity contribution in [1.82, 2.24) is 5.32 Å². The van der Waals surface area contributed by atoms with Crippen molar-refractivity contribution < 1.29 is 0 Å². The molecule has 0 aromatic rings. The minimum Gasteiger partial charge on any atom is -0.310 e. The monoisotopic (exact) mass is 164 g/mol. The molecule has 0 heterocycles. The third kappa shape index (κ3) is 1.64. The maximum Gasteiger partial charge on any atom is 0.0431 e. The van der Waals surface area contributed by atoms with Crippen LogP contribution in [0.2, 0.25) is 0 Å². The number of likely N-dealkylation sites (N-methyl/N-ethyl adjacent to an activating group) is 1. The fraction of sp³-hybridized carbons (Fsp3) is 0.500. The van der Waals surface area contributed by atoms with E-state index in [0.29, 0.717) is 0 Å². The second-order valence-electron chi connectivity index (χ2n) is 3.07. The molecule has 0 saturated heterocycles. The molecule has 1 N–H and O–H groups in total. The first kappa shape index (κ1) is 9.20. The minimum absolute atomic E-state index is 0.246. The highest BCUT2D eigenvalue weighted by molar-refractivity contribution is 5.37. The molecule has 0 radical (unpaired) electrons. The quantitative estimate of drug-likeness (QED) is 0.498. The van der Waals surface area contributed by atoms with E-state index in [9.17, 15) is 0 Å². The summed E-state index contributed by atoms with van der Waals surface area (Å²) in [6.07, 6.45) is 8.35.